The van der Waals surface area contributed by atoms with E-state index in [1.54, 1.807) is 0 Å². The summed E-state index contributed by atoms with van der Waals surface area (Å²) in [5.41, 5.74) is 8.31. The molecule has 1 aliphatic heterocycles. The second kappa shape index (κ2) is 6.09. The molecule has 1 atom stereocenters. The molecule has 0 radical (unpaired) electrons. The van der Waals surface area contributed by atoms with Crippen molar-refractivity contribution in [3.8, 4) is 0 Å². The van der Waals surface area contributed by atoms with E-state index in [9.17, 15) is 0 Å². The number of hydrogen-bond donors (Lipinski definition) is 2. The Morgan fingerprint density at radius 1 is 1.22 bits per heavy atom. The van der Waals surface area contributed by atoms with Crippen LogP contribution in [-0.2, 0) is 0 Å². The van der Waals surface area contributed by atoms with Crippen molar-refractivity contribution in [2.24, 2.45) is 0 Å². The van der Waals surface area contributed by atoms with Crippen molar-refractivity contribution >= 4 is 27.7 Å². The van der Waals surface area contributed by atoms with Gasteiger partial charge in [0, 0.05) is 36.1 Å². The molecule has 1 aliphatic carbocycles. The molecule has 2 fully saturated rings. The molecule has 2 aliphatic rings. The van der Waals surface area contributed by atoms with E-state index in [1.807, 2.05) is 6.07 Å². The van der Waals surface area contributed by atoms with Crippen LogP contribution in [0, 0.1) is 0 Å². The van der Waals surface area contributed by atoms with Gasteiger partial charge in [0.25, 0.3) is 0 Å². The van der Waals surface area contributed by atoms with E-state index in [4.69, 9.17) is 5.73 Å². The van der Waals surface area contributed by atoms with Gasteiger partial charge in [-0.2, -0.15) is 4.98 Å². The quantitative estimate of drug-likeness (QED) is 0.865. The number of nitrogens with two attached hydrogens (primary N) is 1. The summed E-state index contributed by atoms with van der Waals surface area (Å²) in [7, 11) is 0. The number of nitrogens with one attached hydrogen (secondary N) is 1. The van der Waals surface area contributed by atoms with Gasteiger partial charge in [-0.25, -0.2) is 4.98 Å². The molecule has 2 aromatic rings. The second-order valence-electron chi connectivity index (χ2n) is 6.26. The minimum absolute atomic E-state index is 0.278. The van der Waals surface area contributed by atoms with Crippen molar-refractivity contribution < 1.29 is 0 Å². The molecule has 1 saturated carbocycles. The highest BCUT2D eigenvalue weighted by Gasteiger charge is 2.28. The van der Waals surface area contributed by atoms with Gasteiger partial charge in [0.2, 0.25) is 5.95 Å². The zero-order chi connectivity index (χ0) is 15.8. The van der Waals surface area contributed by atoms with Crippen molar-refractivity contribution in [1.82, 2.24) is 15.3 Å². The molecule has 0 spiro atoms. The fraction of sp³-hybridized carbons (Fsp3) is 0.412. The van der Waals surface area contributed by atoms with Crippen LogP contribution in [-0.4, -0.2) is 29.6 Å². The highest BCUT2D eigenvalue weighted by Crippen LogP contribution is 2.40. The van der Waals surface area contributed by atoms with Gasteiger partial charge in [0.15, 0.2) is 0 Å². The van der Waals surface area contributed by atoms with Gasteiger partial charge in [-0.15, -0.1) is 0 Å². The van der Waals surface area contributed by atoms with E-state index < -0.39 is 0 Å². The monoisotopic (exact) mass is 373 g/mol. The first-order chi connectivity index (χ1) is 11.2. The molecule has 4 rings (SSSR count). The molecular weight excluding hydrogens is 354 g/mol. The highest BCUT2D eigenvalue weighted by atomic mass is 79.9. The predicted molar refractivity (Wildman–Crippen MR) is 95.5 cm³/mol. The SMILES string of the molecule is Nc1nc(C2CC2)cc(N2CCN[C@@H](c3ccccc3Br)C2)n1. The second-order valence-corrected chi connectivity index (χ2v) is 7.11. The summed E-state index contributed by atoms with van der Waals surface area (Å²) in [5.74, 6) is 1.93. The van der Waals surface area contributed by atoms with E-state index in [-0.39, 0.29) is 6.04 Å². The predicted octanol–water partition coefficient (Wildman–Crippen LogP) is 2.85. The average Bonchev–Trinajstić information content (AvgIpc) is 3.40. The summed E-state index contributed by atoms with van der Waals surface area (Å²) in [6.45, 7) is 2.74. The van der Waals surface area contributed by atoms with Gasteiger partial charge in [0.1, 0.15) is 5.82 Å². The third kappa shape index (κ3) is 3.19. The molecule has 23 heavy (non-hydrogen) atoms. The lowest BCUT2D eigenvalue weighted by atomic mass is 10.0. The van der Waals surface area contributed by atoms with Crippen molar-refractivity contribution in [2.75, 3.05) is 30.3 Å². The van der Waals surface area contributed by atoms with Gasteiger partial charge < -0.3 is 16.0 Å². The molecule has 3 N–H and O–H groups in total. The number of nitrogens with zero attached hydrogens (tertiary/aromatic N) is 3. The summed E-state index contributed by atoms with van der Waals surface area (Å²) < 4.78 is 1.14. The van der Waals surface area contributed by atoms with E-state index >= 15 is 0 Å². The van der Waals surface area contributed by atoms with E-state index in [1.165, 1.54) is 18.4 Å². The molecule has 6 heteroatoms. The number of nitrogen functional groups attached to an aromatic ring is 1. The largest absolute Gasteiger partial charge is 0.368 e. The zero-order valence-electron chi connectivity index (χ0n) is 12.9. The first-order valence-corrected chi connectivity index (χ1v) is 8.87. The Hall–Kier alpha value is -1.66. The van der Waals surface area contributed by atoms with Crippen molar-refractivity contribution in [2.45, 2.75) is 24.8 Å². The van der Waals surface area contributed by atoms with Gasteiger partial charge in [-0.05, 0) is 24.5 Å². The third-order valence-electron chi connectivity index (χ3n) is 4.53. The van der Waals surface area contributed by atoms with Gasteiger partial charge in [0.05, 0.1) is 11.7 Å². The Kier molecular flexibility index (Phi) is 3.95. The maximum absolute atomic E-state index is 5.93. The van der Waals surface area contributed by atoms with Crippen LogP contribution >= 0.6 is 15.9 Å². The number of hydrogen-bond acceptors (Lipinski definition) is 5. The Morgan fingerprint density at radius 3 is 2.83 bits per heavy atom. The molecule has 0 unspecified atom stereocenters. The summed E-state index contributed by atoms with van der Waals surface area (Å²) in [4.78, 5) is 11.2. The fourth-order valence-electron chi connectivity index (χ4n) is 3.15. The van der Waals surface area contributed by atoms with E-state index in [0.717, 1.165) is 35.6 Å². The summed E-state index contributed by atoms with van der Waals surface area (Å²) in [6, 6.07) is 10.8. The van der Waals surface area contributed by atoms with Gasteiger partial charge in [-0.1, -0.05) is 34.1 Å². The Labute approximate surface area is 144 Å². The third-order valence-corrected chi connectivity index (χ3v) is 5.25. The molecule has 120 valence electrons. The lowest BCUT2D eigenvalue weighted by Gasteiger charge is -2.35. The minimum Gasteiger partial charge on any atom is -0.368 e. The smallest absolute Gasteiger partial charge is 0.222 e. The number of rotatable bonds is 3. The molecule has 2 heterocycles. The zero-order valence-corrected chi connectivity index (χ0v) is 14.5. The summed E-state index contributed by atoms with van der Waals surface area (Å²) >= 11 is 3.65. The van der Waals surface area contributed by atoms with Crippen LogP contribution in [0.3, 0.4) is 0 Å². The van der Waals surface area contributed by atoms with Crippen molar-refractivity contribution in [1.29, 1.82) is 0 Å². The first-order valence-electron chi connectivity index (χ1n) is 8.08. The number of benzene rings is 1. The lowest BCUT2D eigenvalue weighted by molar-refractivity contribution is 0.468. The van der Waals surface area contributed by atoms with Crippen LogP contribution in [0.15, 0.2) is 34.8 Å². The van der Waals surface area contributed by atoms with Crippen LogP contribution in [0.5, 0.6) is 0 Å². The first kappa shape index (κ1) is 14.9. The number of piperazine rings is 1. The van der Waals surface area contributed by atoms with Crippen LogP contribution in [0.25, 0.3) is 0 Å². The fourth-order valence-corrected chi connectivity index (χ4v) is 3.71. The molecule has 0 bridgehead atoms. The van der Waals surface area contributed by atoms with Gasteiger partial charge in [-0.3, -0.25) is 0 Å². The van der Waals surface area contributed by atoms with Gasteiger partial charge >= 0.3 is 0 Å². The van der Waals surface area contributed by atoms with Crippen molar-refractivity contribution in [3.63, 3.8) is 0 Å². The topological polar surface area (TPSA) is 67.1 Å². The Bertz CT molecular complexity index is 716. The van der Waals surface area contributed by atoms with E-state index in [0.29, 0.717) is 11.9 Å². The van der Waals surface area contributed by atoms with Crippen LogP contribution in [0.1, 0.15) is 36.1 Å². The Balaban J connectivity index is 1.59. The van der Waals surface area contributed by atoms with Crippen molar-refractivity contribution in [3.05, 3.63) is 46.1 Å². The molecule has 5 nitrogen and oxygen atoms in total. The molecule has 0 amide bonds. The summed E-state index contributed by atoms with van der Waals surface area (Å²) in [5, 5.41) is 3.59. The van der Waals surface area contributed by atoms with E-state index in [2.05, 4.69) is 60.4 Å². The summed E-state index contributed by atoms with van der Waals surface area (Å²) in [6.07, 6.45) is 2.44. The Morgan fingerprint density at radius 2 is 2.04 bits per heavy atom. The van der Waals surface area contributed by atoms with Crippen LogP contribution in [0.4, 0.5) is 11.8 Å². The molecule has 1 aromatic carbocycles. The molecular formula is C17H20BrN5. The number of anilines is 2. The number of halogens is 1. The standard InChI is InChI=1S/C17H20BrN5/c18-13-4-2-1-3-12(13)15-10-23(8-7-20-15)16-9-14(11-5-6-11)21-17(19)22-16/h1-4,9,11,15,20H,5-8,10H2,(H2,19,21,22)/t15-/m1/s1. The van der Waals surface area contributed by atoms with Crippen LogP contribution < -0.4 is 16.0 Å². The maximum Gasteiger partial charge on any atom is 0.222 e. The van der Waals surface area contributed by atoms with Crippen LogP contribution in [0.2, 0.25) is 0 Å². The number of aromatic nitrogens is 2. The average molecular weight is 374 g/mol. The normalized spacial score (nSPS) is 21.4. The lowest BCUT2D eigenvalue weighted by Crippen LogP contribution is -2.46. The molecule has 1 saturated heterocycles. The maximum atomic E-state index is 5.93. The minimum atomic E-state index is 0.278. The molecule has 1 aromatic heterocycles. The highest BCUT2D eigenvalue weighted by molar-refractivity contribution is 9.10.